The van der Waals surface area contributed by atoms with Crippen molar-refractivity contribution >= 4 is 11.9 Å². The van der Waals surface area contributed by atoms with Crippen LogP contribution >= 0.6 is 0 Å². The van der Waals surface area contributed by atoms with Crippen molar-refractivity contribution in [1.29, 1.82) is 0 Å². The molecule has 1 aromatic carbocycles. The molecule has 0 unspecified atom stereocenters. The number of amides is 1. The molecule has 1 atom stereocenters. The lowest BCUT2D eigenvalue weighted by atomic mass is 10.1. The van der Waals surface area contributed by atoms with Crippen molar-refractivity contribution < 1.29 is 28.5 Å². The van der Waals surface area contributed by atoms with E-state index in [4.69, 9.17) is 14.5 Å². The monoisotopic (exact) mass is 395 g/mol. The third kappa shape index (κ3) is 11.5. The summed E-state index contributed by atoms with van der Waals surface area (Å²) in [7, 11) is 0. The van der Waals surface area contributed by atoms with E-state index < -0.39 is 17.7 Å². The van der Waals surface area contributed by atoms with Gasteiger partial charge in [-0.25, -0.2) is 19.0 Å². The first-order valence-electron chi connectivity index (χ1n) is 9.39. The van der Waals surface area contributed by atoms with Crippen molar-refractivity contribution in [3.8, 4) is 0 Å². The second kappa shape index (κ2) is 12.3. The van der Waals surface area contributed by atoms with Crippen molar-refractivity contribution in [3.05, 3.63) is 47.8 Å². The number of hydrogen-bond acceptors (Lipinski definition) is 5. The molecule has 0 aromatic heterocycles. The quantitative estimate of drug-likeness (QED) is 0.264. The Morgan fingerprint density at radius 2 is 1.86 bits per heavy atom. The number of alkyl carbamates (subject to hydrolysis) is 1. The van der Waals surface area contributed by atoms with Crippen molar-refractivity contribution in [2.24, 2.45) is 0 Å². The summed E-state index contributed by atoms with van der Waals surface area (Å²) in [4.78, 5) is 34.0. The summed E-state index contributed by atoms with van der Waals surface area (Å²) in [6.07, 6.45) is 3.83. The van der Waals surface area contributed by atoms with Gasteiger partial charge in [0.25, 0.3) is 0 Å². The molecule has 1 amide bonds. The van der Waals surface area contributed by atoms with Gasteiger partial charge in [-0.1, -0.05) is 18.2 Å². The van der Waals surface area contributed by atoms with E-state index in [9.17, 15) is 14.0 Å². The van der Waals surface area contributed by atoms with E-state index in [0.29, 0.717) is 26.1 Å². The molecule has 0 aliphatic heterocycles. The maximum absolute atomic E-state index is 12.9. The molecule has 7 heteroatoms. The molecule has 0 aliphatic carbocycles. The fourth-order valence-corrected chi connectivity index (χ4v) is 2.27. The third-order valence-corrected chi connectivity index (χ3v) is 3.45. The highest BCUT2D eigenvalue weighted by molar-refractivity contribution is 5.91. The minimum atomic E-state index is -0.616. The van der Waals surface area contributed by atoms with Crippen LogP contribution in [0.1, 0.15) is 46.1 Å². The predicted octanol–water partition coefficient (Wildman–Crippen LogP) is 4.14. The van der Waals surface area contributed by atoms with Crippen molar-refractivity contribution in [2.75, 3.05) is 13.2 Å². The lowest BCUT2D eigenvalue weighted by Gasteiger charge is -2.22. The van der Waals surface area contributed by atoms with Crippen LogP contribution in [0.2, 0.25) is 0 Å². The second-order valence-electron chi connectivity index (χ2n) is 7.25. The van der Waals surface area contributed by atoms with Gasteiger partial charge in [-0.2, -0.15) is 0 Å². The average Bonchev–Trinajstić information content (AvgIpc) is 2.59. The fourth-order valence-electron chi connectivity index (χ4n) is 2.27. The topological polar surface area (TPSA) is 73.9 Å². The van der Waals surface area contributed by atoms with E-state index in [-0.39, 0.29) is 18.0 Å². The molecule has 0 spiro atoms. The van der Waals surface area contributed by atoms with E-state index in [1.165, 1.54) is 18.2 Å². The van der Waals surface area contributed by atoms with Gasteiger partial charge in [-0.15, -0.1) is 0 Å². The molecule has 1 rings (SSSR count). The molecular weight excluding hydrogens is 365 g/mol. The summed E-state index contributed by atoms with van der Waals surface area (Å²) in [6.45, 7) is 7.98. The van der Waals surface area contributed by atoms with Gasteiger partial charge < -0.3 is 10.1 Å². The number of halogens is 1. The third-order valence-electron chi connectivity index (χ3n) is 3.45. The Hall–Kier alpha value is -2.25. The van der Waals surface area contributed by atoms with E-state index in [1.54, 1.807) is 39.0 Å². The number of carbonyl (C=O) groups is 2. The SMILES string of the molecule is CCOOCCC[C@H](/C=C/C(=O)Cc1ccc(F)cc1)NC(=O)OC(C)(C)C. The predicted molar refractivity (Wildman–Crippen MR) is 104 cm³/mol. The highest BCUT2D eigenvalue weighted by atomic mass is 19.1. The van der Waals surface area contributed by atoms with E-state index in [0.717, 1.165) is 5.56 Å². The zero-order valence-corrected chi connectivity index (χ0v) is 17.0. The molecule has 156 valence electrons. The second-order valence-corrected chi connectivity index (χ2v) is 7.25. The smallest absolute Gasteiger partial charge is 0.408 e. The Morgan fingerprint density at radius 3 is 2.46 bits per heavy atom. The largest absolute Gasteiger partial charge is 0.444 e. The normalized spacial score (nSPS) is 12.8. The Kier molecular flexibility index (Phi) is 10.4. The highest BCUT2D eigenvalue weighted by Gasteiger charge is 2.18. The number of hydrogen-bond donors (Lipinski definition) is 1. The number of allylic oxidation sites excluding steroid dienone is 1. The number of carbonyl (C=O) groups excluding carboxylic acids is 2. The molecule has 0 bridgehead atoms. The molecule has 0 heterocycles. The summed E-state index contributed by atoms with van der Waals surface area (Å²) in [5.74, 6) is -0.490. The first-order valence-corrected chi connectivity index (χ1v) is 9.39. The highest BCUT2D eigenvalue weighted by Crippen LogP contribution is 2.09. The Bertz CT molecular complexity index is 637. The summed E-state index contributed by atoms with van der Waals surface area (Å²) in [5, 5.41) is 2.75. The molecule has 0 fully saturated rings. The van der Waals surface area contributed by atoms with Crippen LogP contribution in [-0.4, -0.2) is 36.7 Å². The van der Waals surface area contributed by atoms with Gasteiger partial charge in [0.05, 0.1) is 19.3 Å². The fraction of sp³-hybridized carbons (Fsp3) is 0.524. The van der Waals surface area contributed by atoms with E-state index in [2.05, 4.69) is 5.32 Å². The molecule has 0 saturated carbocycles. The van der Waals surface area contributed by atoms with Crippen molar-refractivity contribution in [3.63, 3.8) is 0 Å². The summed E-state index contributed by atoms with van der Waals surface area (Å²) in [6, 6.07) is 5.39. The summed E-state index contributed by atoms with van der Waals surface area (Å²) in [5.41, 5.74) is 0.104. The molecule has 6 nitrogen and oxygen atoms in total. The van der Waals surface area contributed by atoms with Crippen LogP contribution in [0.5, 0.6) is 0 Å². The Balaban J connectivity index is 2.62. The molecule has 28 heavy (non-hydrogen) atoms. The van der Waals surface area contributed by atoms with Crippen LogP contribution in [-0.2, 0) is 25.7 Å². The molecular formula is C21H30FNO5. The van der Waals surface area contributed by atoms with Crippen molar-refractivity contribution in [2.45, 2.75) is 58.6 Å². The molecule has 1 N–H and O–H groups in total. The first kappa shape index (κ1) is 23.8. The Labute approximate surface area is 166 Å². The van der Waals surface area contributed by atoms with Gasteiger partial charge in [-0.05, 0) is 64.3 Å². The first-order chi connectivity index (χ1) is 13.2. The van der Waals surface area contributed by atoms with Crippen LogP contribution in [0.3, 0.4) is 0 Å². The lowest BCUT2D eigenvalue weighted by Crippen LogP contribution is -2.38. The van der Waals surface area contributed by atoms with Gasteiger partial charge in [0.2, 0.25) is 0 Å². The van der Waals surface area contributed by atoms with Gasteiger partial charge in [-0.3, -0.25) is 4.79 Å². The lowest BCUT2D eigenvalue weighted by molar-refractivity contribution is -0.291. The number of ketones is 1. The molecule has 0 radical (unpaired) electrons. The van der Waals surface area contributed by atoms with Crippen LogP contribution in [0.4, 0.5) is 9.18 Å². The Morgan fingerprint density at radius 1 is 1.18 bits per heavy atom. The van der Waals surface area contributed by atoms with Crippen molar-refractivity contribution in [1.82, 2.24) is 5.32 Å². The molecule has 0 saturated heterocycles. The van der Waals surface area contributed by atoms with E-state index in [1.807, 2.05) is 6.92 Å². The maximum atomic E-state index is 12.9. The minimum Gasteiger partial charge on any atom is -0.444 e. The van der Waals surface area contributed by atoms with Gasteiger partial charge in [0.15, 0.2) is 5.78 Å². The van der Waals surface area contributed by atoms with Crippen LogP contribution in [0.25, 0.3) is 0 Å². The number of rotatable bonds is 11. The van der Waals surface area contributed by atoms with E-state index >= 15 is 0 Å². The van der Waals surface area contributed by atoms with Gasteiger partial charge >= 0.3 is 6.09 Å². The molecule has 0 aliphatic rings. The van der Waals surface area contributed by atoms with Gasteiger partial charge in [0, 0.05) is 6.42 Å². The maximum Gasteiger partial charge on any atom is 0.408 e. The van der Waals surface area contributed by atoms with Crippen LogP contribution in [0.15, 0.2) is 36.4 Å². The minimum absolute atomic E-state index is 0.145. The van der Waals surface area contributed by atoms with Crippen LogP contribution in [0, 0.1) is 5.82 Å². The van der Waals surface area contributed by atoms with Gasteiger partial charge in [0.1, 0.15) is 11.4 Å². The molecule has 1 aromatic rings. The number of benzene rings is 1. The van der Waals surface area contributed by atoms with Crippen LogP contribution < -0.4 is 5.32 Å². The summed E-state index contributed by atoms with van der Waals surface area (Å²) < 4.78 is 18.2. The average molecular weight is 395 g/mol. The zero-order chi connectivity index (χ0) is 21.0. The number of nitrogens with one attached hydrogen (secondary N) is 1. The number of ether oxygens (including phenoxy) is 1. The standard InChI is InChI=1S/C21H30FNO5/c1-5-26-27-14-6-7-18(23-20(25)28-21(2,3)4)12-13-19(24)15-16-8-10-17(22)11-9-16/h8-13,18H,5-7,14-15H2,1-4H3,(H,23,25)/b13-12+/t18-/m1/s1. The summed E-state index contributed by atoms with van der Waals surface area (Å²) >= 11 is 0. The zero-order valence-electron chi connectivity index (χ0n) is 17.0.